The van der Waals surface area contributed by atoms with Crippen LogP contribution in [-0.4, -0.2) is 43.8 Å². The topological polar surface area (TPSA) is 96.0 Å². The minimum Gasteiger partial charge on any atom is -0.497 e. The summed E-state index contributed by atoms with van der Waals surface area (Å²) in [5.74, 6) is -5.41. The summed E-state index contributed by atoms with van der Waals surface area (Å²) in [6.07, 6.45) is -0.486. The molecule has 0 aromatic heterocycles. The normalized spacial score (nSPS) is 20.6. The number of Topliss-reactive ketones (excluding diaryl/α,β-unsaturated/α-hetero) is 2. The molecule has 26 heavy (non-hydrogen) atoms. The number of rotatable bonds is 6. The van der Waals surface area contributed by atoms with Gasteiger partial charge in [-0.15, -0.1) is 0 Å². The highest BCUT2D eigenvalue weighted by atomic mass is 16.5. The number of ether oxygens (including phenoxy) is 3. The monoisotopic (exact) mass is 362 g/mol. The number of methoxy groups -OCH3 is 1. The molecule has 140 valence electrons. The number of carbonyl (C=O) groups excluding carboxylic acids is 4. The van der Waals surface area contributed by atoms with Gasteiger partial charge >= 0.3 is 11.9 Å². The summed E-state index contributed by atoms with van der Waals surface area (Å²) in [7, 11) is 1.51. The van der Waals surface area contributed by atoms with Crippen LogP contribution in [0.1, 0.15) is 31.7 Å². The molecule has 7 nitrogen and oxygen atoms in total. The molecule has 0 radical (unpaired) electrons. The second-order valence-electron chi connectivity index (χ2n) is 5.87. The molecule has 0 saturated heterocycles. The zero-order valence-corrected chi connectivity index (χ0v) is 15.0. The van der Waals surface area contributed by atoms with E-state index in [4.69, 9.17) is 14.2 Å². The van der Waals surface area contributed by atoms with Crippen molar-refractivity contribution < 1.29 is 33.4 Å². The molecule has 1 aliphatic carbocycles. The smallest absolute Gasteiger partial charge is 0.317 e. The van der Waals surface area contributed by atoms with E-state index in [1.54, 1.807) is 38.1 Å². The molecule has 1 aliphatic rings. The third kappa shape index (κ3) is 3.92. The van der Waals surface area contributed by atoms with Gasteiger partial charge in [0.05, 0.1) is 26.7 Å². The molecule has 0 amide bonds. The van der Waals surface area contributed by atoms with Gasteiger partial charge in [-0.3, -0.25) is 19.2 Å². The molecule has 0 bridgehead atoms. The molecule has 0 unspecified atom stereocenters. The Bertz CT molecular complexity index is 656. The summed E-state index contributed by atoms with van der Waals surface area (Å²) in [5, 5.41) is 0. The molecule has 1 aromatic carbocycles. The molecule has 0 heterocycles. The lowest BCUT2D eigenvalue weighted by Crippen LogP contribution is -2.47. The maximum absolute atomic E-state index is 12.5. The third-order valence-corrected chi connectivity index (χ3v) is 4.34. The maximum Gasteiger partial charge on any atom is 0.317 e. The Hall–Kier alpha value is -2.70. The van der Waals surface area contributed by atoms with Crippen LogP contribution in [0.2, 0.25) is 0 Å². The Balaban J connectivity index is 2.53. The van der Waals surface area contributed by atoms with Gasteiger partial charge in [0, 0.05) is 5.92 Å². The molecule has 1 saturated carbocycles. The van der Waals surface area contributed by atoms with E-state index in [0.717, 1.165) is 0 Å². The molecule has 0 N–H and O–H groups in total. The predicted octanol–water partition coefficient (Wildman–Crippen LogP) is 1.68. The molecule has 1 aromatic rings. The second kappa shape index (κ2) is 8.60. The Morgan fingerprint density at radius 2 is 1.38 bits per heavy atom. The van der Waals surface area contributed by atoms with Crippen molar-refractivity contribution in [1.29, 1.82) is 0 Å². The standard InChI is InChI=1S/C19H22O7/c1-4-25-18(22)16-13(20)10-14(21)17(19(23)26-5-2)15(16)11-6-8-12(24-3)9-7-11/h6-9,15-17H,4-5,10H2,1-3H3/t16-,17-/m1/s1. The van der Waals surface area contributed by atoms with Gasteiger partial charge in [0.15, 0.2) is 11.6 Å². The van der Waals surface area contributed by atoms with E-state index in [2.05, 4.69) is 0 Å². The van der Waals surface area contributed by atoms with Gasteiger partial charge in [0.2, 0.25) is 0 Å². The van der Waals surface area contributed by atoms with Crippen molar-refractivity contribution >= 4 is 23.5 Å². The minimum atomic E-state index is -1.23. The summed E-state index contributed by atoms with van der Waals surface area (Å²) >= 11 is 0. The van der Waals surface area contributed by atoms with Crippen molar-refractivity contribution in [2.24, 2.45) is 11.8 Å². The number of carbonyl (C=O) groups is 4. The van der Waals surface area contributed by atoms with E-state index >= 15 is 0 Å². The Kier molecular flexibility index (Phi) is 6.49. The average molecular weight is 362 g/mol. The first-order valence-electron chi connectivity index (χ1n) is 8.47. The van der Waals surface area contributed by atoms with Crippen LogP contribution in [0.25, 0.3) is 0 Å². The fourth-order valence-electron chi connectivity index (χ4n) is 3.22. The number of hydrogen-bond acceptors (Lipinski definition) is 7. The van der Waals surface area contributed by atoms with E-state index in [-0.39, 0.29) is 13.2 Å². The van der Waals surface area contributed by atoms with Gasteiger partial charge in [0.25, 0.3) is 0 Å². The van der Waals surface area contributed by atoms with Gasteiger partial charge in [-0.2, -0.15) is 0 Å². The first-order valence-corrected chi connectivity index (χ1v) is 8.47. The van der Waals surface area contributed by atoms with Crippen molar-refractivity contribution in [2.45, 2.75) is 26.2 Å². The van der Waals surface area contributed by atoms with Crippen molar-refractivity contribution in [3.05, 3.63) is 29.8 Å². The lowest BCUT2D eigenvalue weighted by atomic mass is 9.67. The van der Waals surface area contributed by atoms with Crippen LogP contribution in [0.5, 0.6) is 5.75 Å². The van der Waals surface area contributed by atoms with Gasteiger partial charge in [-0.1, -0.05) is 12.1 Å². The number of ketones is 2. The highest BCUT2D eigenvalue weighted by Crippen LogP contribution is 2.40. The summed E-state index contributed by atoms with van der Waals surface area (Å²) in [4.78, 5) is 49.7. The Morgan fingerprint density at radius 1 is 0.923 bits per heavy atom. The van der Waals surface area contributed by atoms with Crippen LogP contribution in [0, 0.1) is 11.8 Å². The maximum atomic E-state index is 12.5. The molecule has 0 spiro atoms. The summed E-state index contributed by atoms with van der Waals surface area (Å²) in [5.41, 5.74) is 0.503. The zero-order valence-electron chi connectivity index (χ0n) is 15.0. The van der Waals surface area contributed by atoms with Crippen molar-refractivity contribution in [3.8, 4) is 5.75 Å². The fourth-order valence-corrected chi connectivity index (χ4v) is 3.22. The first-order chi connectivity index (χ1) is 12.4. The van der Waals surface area contributed by atoms with E-state index < -0.39 is 47.7 Å². The third-order valence-electron chi connectivity index (χ3n) is 4.34. The second-order valence-corrected chi connectivity index (χ2v) is 5.87. The molecule has 2 atom stereocenters. The average Bonchev–Trinajstić information content (AvgIpc) is 2.61. The molecule has 1 fully saturated rings. The number of benzene rings is 1. The fraction of sp³-hybridized carbons (Fsp3) is 0.474. The van der Waals surface area contributed by atoms with Crippen LogP contribution in [-0.2, 0) is 28.7 Å². The van der Waals surface area contributed by atoms with Crippen LogP contribution in [0.15, 0.2) is 24.3 Å². The largest absolute Gasteiger partial charge is 0.497 e. The molecule has 7 heteroatoms. The van der Waals surface area contributed by atoms with Gasteiger partial charge < -0.3 is 14.2 Å². The predicted molar refractivity (Wildman–Crippen MR) is 90.6 cm³/mol. The Morgan fingerprint density at radius 3 is 1.77 bits per heavy atom. The van der Waals surface area contributed by atoms with E-state index in [0.29, 0.717) is 11.3 Å². The summed E-state index contributed by atoms with van der Waals surface area (Å²) < 4.78 is 15.2. The van der Waals surface area contributed by atoms with E-state index in [1.807, 2.05) is 0 Å². The van der Waals surface area contributed by atoms with Crippen LogP contribution in [0.3, 0.4) is 0 Å². The number of esters is 2. The van der Waals surface area contributed by atoms with Crippen molar-refractivity contribution in [3.63, 3.8) is 0 Å². The van der Waals surface area contributed by atoms with Crippen LogP contribution >= 0.6 is 0 Å². The Labute approximate surface area is 151 Å². The lowest BCUT2D eigenvalue weighted by molar-refractivity contribution is -0.161. The SMILES string of the molecule is CCOC(=O)[C@@H]1C(=O)CC(=O)[C@@H](C(=O)OCC)C1c1ccc(OC)cc1. The van der Waals surface area contributed by atoms with Gasteiger partial charge in [-0.05, 0) is 31.5 Å². The van der Waals surface area contributed by atoms with Gasteiger partial charge in [0.1, 0.15) is 17.6 Å². The van der Waals surface area contributed by atoms with E-state index in [1.165, 1.54) is 7.11 Å². The molecular weight excluding hydrogens is 340 g/mol. The highest BCUT2D eigenvalue weighted by Gasteiger charge is 2.52. The van der Waals surface area contributed by atoms with Crippen LogP contribution < -0.4 is 4.74 Å². The molecule has 2 rings (SSSR count). The van der Waals surface area contributed by atoms with E-state index in [9.17, 15) is 19.2 Å². The quantitative estimate of drug-likeness (QED) is 0.561. The lowest BCUT2D eigenvalue weighted by Gasteiger charge is -2.33. The molecule has 0 aliphatic heterocycles. The van der Waals surface area contributed by atoms with Crippen molar-refractivity contribution in [1.82, 2.24) is 0 Å². The summed E-state index contributed by atoms with van der Waals surface area (Å²) in [6.45, 7) is 3.44. The number of hydrogen-bond donors (Lipinski definition) is 0. The zero-order chi connectivity index (χ0) is 19.3. The molecular formula is C19H22O7. The summed E-state index contributed by atoms with van der Waals surface area (Å²) in [6, 6.07) is 6.55. The van der Waals surface area contributed by atoms with Gasteiger partial charge in [-0.25, -0.2) is 0 Å². The highest BCUT2D eigenvalue weighted by molar-refractivity contribution is 6.16. The minimum absolute atomic E-state index is 0.0932. The van der Waals surface area contributed by atoms with Crippen LogP contribution in [0.4, 0.5) is 0 Å². The van der Waals surface area contributed by atoms with Crippen molar-refractivity contribution in [2.75, 3.05) is 20.3 Å². The first kappa shape index (κ1) is 19.6.